The van der Waals surface area contributed by atoms with Gasteiger partial charge in [-0.3, -0.25) is 0 Å². The lowest BCUT2D eigenvalue weighted by molar-refractivity contribution is 0.216. The highest BCUT2D eigenvalue weighted by Gasteiger charge is 2.34. The molecule has 1 N–H and O–H groups in total. The van der Waals surface area contributed by atoms with Crippen molar-refractivity contribution >= 4 is 15.9 Å². The minimum atomic E-state index is -0.131. The first-order chi connectivity index (χ1) is 9.92. The zero-order valence-corrected chi connectivity index (χ0v) is 15.0. The van der Waals surface area contributed by atoms with Crippen LogP contribution in [0.4, 0.5) is 4.39 Å². The van der Waals surface area contributed by atoms with Crippen LogP contribution in [0.5, 0.6) is 0 Å². The molecule has 1 aromatic rings. The van der Waals surface area contributed by atoms with E-state index in [1.165, 1.54) is 32.1 Å². The second-order valence-corrected chi connectivity index (χ2v) is 7.99. The van der Waals surface area contributed by atoms with Gasteiger partial charge in [-0.2, -0.15) is 0 Å². The molecule has 21 heavy (non-hydrogen) atoms. The fraction of sp³-hybridized carbons (Fsp3) is 0.667. The highest BCUT2D eigenvalue weighted by atomic mass is 79.9. The average molecular weight is 356 g/mol. The van der Waals surface area contributed by atoms with Gasteiger partial charge in [0.2, 0.25) is 0 Å². The summed E-state index contributed by atoms with van der Waals surface area (Å²) >= 11 is 3.31. The Balaban J connectivity index is 2.00. The molecule has 1 unspecified atom stereocenters. The number of nitrogens with one attached hydrogen (secondary N) is 1. The zero-order chi connectivity index (χ0) is 15.5. The summed E-state index contributed by atoms with van der Waals surface area (Å²) in [6, 6.07) is 5.40. The summed E-state index contributed by atoms with van der Waals surface area (Å²) in [7, 11) is 0. The van der Waals surface area contributed by atoms with Gasteiger partial charge in [0.05, 0.1) is 0 Å². The standard InChI is InChI=1S/C18H27BrFN/c1-13(2)11-18(8-4-5-9-18)12-21-14(3)16-7-6-15(19)10-17(16)20/h6-7,10,13-14,21H,4-5,8-9,11-12H2,1-3H3. The maximum Gasteiger partial charge on any atom is 0.129 e. The summed E-state index contributed by atoms with van der Waals surface area (Å²) in [5.74, 6) is 0.596. The van der Waals surface area contributed by atoms with E-state index in [0.717, 1.165) is 22.5 Å². The Kier molecular flexibility index (Phi) is 5.84. The van der Waals surface area contributed by atoms with Crippen LogP contribution in [-0.4, -0.2) is 6.54 Å². The topological polar surface area (TPSA) is 12.0 Å². The Morgan fingerprint density at radius 3 is 2.48 bits per heavy atom. The van der Waals surface area contributed by atoms with E-state index in [2.05, 4.69) is 42.0 Å². The van der Waals surface area contributed by atoms with Gasteiger partial charge in [-0.15, -0.1) is 0 Å². The van der Waals surface area contributed by atoms with Crippen molar-refractivity contribution in [3.05, 3.63) is 34.1 Å². The molecule has 0 saturated heterocycles. The normalized spacial score (nSPS) is 19.1. The van der Waals surface area contributed by atoms with Gasteiger partial charge in [-0.05, 0) is 49.7 Å². The van der Waals surface area contributed by atoms with Crippen molar-refractivity contribution in [1.82, 2.24) is 5.32 Å². The highest BCUT2D eigenvalue weighted by molar-refractivity contribution is 9.10. The Morgan fingerprint density at radius 2 is 1.90 bits per heavy atom. The first-order valence-electron chi connectivity index (χ1n) is 8.10. The van der Waals surface area contributed by atoms with Gasteiger partial charge in [0.15, 0.2) is 0 Å². The molecule has 0 aromatic heterocycles. The Morgan fingerprint density at radius 1 is 1.24 bits per heavy atom. The molecule has 1 aromatic carbocycles. The molecule has 1 fully saturated rings. The summed E-state index contributed by atoms with van der Waals surface area (Å²) in [6.45, 7) is 7.67. The van der Waals surface area contributed by atoms with Gasteiger partial charge < -0.3 is 5.32 Å². The van der Waals surface area contributed by atoms with Crippen LogP contribution in [0.1, 0.15) is 64.5 Å². The zero-order valence-electron chi connectivity index (χ0n) is 13.4. The van der Waals surface area contributed by atoms with E-state index in [1.807, 2.05) is 12.1 Å². The fourth-order valence-electron chi connectivity index (χ4n) is 3.78. The maximum absolute atomic E-state index is 14.0. The third kappa shape index (κ3) is 4.53. The van der Waals surface area contributed by atoms with Crippen molar-refractivity contribution in [1.29, 1.82) is 0 Å². The molecule has 1 nitrogen and oxygen atoms in total. The SMILES string of the molecule is CC(C)CC1(CNC(C)c2ccc(Br)cc2F)CCCC1. The summed E-state index contributed by atoms with van der Waals surface area (Å²) in [5.41, 5.74) is 1.18. The maximum atomic E-state index is 14.0. The Hall–Kier alpha value is -0.410. The van der Waals surface area contributed by atoms with Crippen LogP contribution >= 0.6 is 15.9 Å². The molecule has 0 spiro atoms. The predicted octanol–water partition coefficient (Wildman–Crippen LogP) is 5.85. The molecule has 1 saturated carbocycles. The van der Waals surface area contributed by atoms with E-state index in [9.17, 15) is 4.39 Å². The molecule has 0 bridgehead atoms. The van der Waals surface area contributed by atoms with Crippen molar-refractivity contribution in [3.63, 3.8) is 0 Å². The van der Waals surface area contributed by atoms with Gasteiger partial charge in [0, 0.05) is 22.6 Å². The van der Waals surface area contributed by atoms with Crippen LogP contribution in [0.25, 0.3) is 0 Å². The van der Waals surface area contributed by atoms with Gasteiger partial charge in [0.25, 0.3) is 0 Å². The molecular formula is C18H27BrFN. The van der Waals surface area contributed by atoms with Crippen molar-refractivity contribution in [3.8, 4) is 0 Å². The van der Waals surface area contributed by atoms with Crippen molar-refractivity contribution in [2.75, 3.05) is 6.54 Å². The van der Waals surface area contributed by atoms with Gasteiger partial charge in [-0.1, -0.05) is 48.7 Å². The second kappa shape index (κ2) is 7.23. The molecule has 0 radical (unpaired) electrons. The number of halogens is 2. The minimum Gasteiger partial charge on any atom is -0.310 e. The fourth-order valence-corrected chi connectivity index (χ4v) is 4.11. The molecule has 0 amide bonds. The largest absolute Gasteiger partial charge is 0.310 e. The number of hydrogen-bond acceptors (Lipinski definition) is 1. The molecule has 0 aliphatic heterocycles. The first kappa shape index (κ1) is 17.0. The van der Waals surface area contributed by atoms with Gasteiger partial charge in [0.1, 0.15) is 5.82 Å². The van der Waals surface area contributed by atoms with Crippen molar-refractivity contribution < 1.29 is 4.39 Å². The summed E-state index contributed by atoms with van der Waals surface area (Å²) in [5, 5.41) is 3.59. The van der Waals surface area contributed by atoms with E-state index in [0.29, 0.717) is 5.41 Å². The molecule has 3 heteroatoms. The third-order valence-electron chi connectivity index (χ3n) is 4.72. The number of benzene rings is 1. The highest BCUT2D eigenvalue weighted by Crippen LogP contribution is 2.43. The lowest BCUT2D eigenvalue weighted by Gasteiger charge is -2.33. The molecule has 2 rings (SSSR count). The summed E-state index contributed by atoms with van der Waals surface area (Å²) in [6.07, 6.45) is 6.59. The number of hydrogen-bond donors (Lipinski definition) is 1. The molecule has 0 heterocycles. The molecule has 1 aliphatic rings. The van der Waals surface area contributed by atoms with E-state index >= 15 is 0 Å². The van der Waals surface area contributed by atoms with Gasteiger partial charge in [-0.25, -0.2) is 4.39 Å². The van der Waals surface area contributed by atoms with Gasteiger partial charge >= 0.3 is 0 Å². The van der Waals surface area contributed by atoms with Crippen LogP contribution in [0.3, 0.4) is 0 Å². The van der Waals surface area contributed by atoms with Crippen LogP contribution in [-0.2, 0) is 0 Å². The van der Waals surface area contributed by atoms with Crippen LogP contribution in [0.15, 0.2) is 22.7 Å². The first-order valence-corrected chi connectivity index (χ1v) is 8.89. The van der Waals surface area contributed by atoms with Crippen molar-refractivity contribution in [2.24, 2.45) is 11.3 Å². The quantitative estimate of drug-likeness (QED) is 0.675. The molecule has 1 aliphatic carbocycles. The van der Waals surface area contributed by atoms with Crippen molar-refractivity contribution in [2.45, 2.75) is 58.9 Å². The molecule has 1 atom stereocenters. The summed E-state index contributed by atoms with van der Waals surface area (Å²) in [4.78, 5) is 0. The summed E-state index contributed by atoms with van der Waals surface area (Å²) < 4.78 is 14.8. The minimum absolute atomic E-state index is 0.0581. The van der Waals surface area contributed by atoms with Crippen LogP contribution < -0.4 is 5.32 Å². The Labute approximate surface area is 136 Å². The lowest BCUT2D eigenvalue weighted by Crippen LogP contribution is -2.35. The van der Waals surface area contributed by atoms with Crippen LogP contribution in [0, 0.1) is 17.2 Å². The van der Waals surface area contributed by atoms with E-state index in [4.69, 9.17) is 0 Å². The van der Waals surface area contributed by atoms with E-state index in [-0.39, 0.29) is 11.9 Å². The smallest absolute Gasteiger partial charge is 0.129 e. The molecule has 118 valence electrons. The van der Waals surface area contributed by atoms with E-state index < -0.39 is 0 Å². The third-order valence-corrected chi connectivity index (χ3v) is 5.21. The monoisotopic (exact) mass is 355 g/mol. The van der Waals surface area contributed by atoms with Crippen LogP contribution in [0.2, 0.25) is 0 Å². The average Bonchev–Trinajstić information content (AvgIpc) is 2.84. The lowest BCUT2D eigenvalue weighted by atomic mass is 9.78. The molecular weight excluding hydrogens is 329 g/mol. The predicted molar refractivity (Wildman–Crippen MR) is 90.9 cm³/mol. The Bertz CT molecular complexity index is 466. The van der Waals surface area contributed by atoms with E-state index in [1.54, 1.807) is 6.07 Å². The second-order valence-electron chi connectivity index (χ2n) is 7.07. The number of rotatable bonds is 6.